The van der Waals surface area contributed by atoms with Gasteiger partial charge >= 0.3 is 6.09 Å². The predicted octanol–water partition coefficient (Wildman–Crippen LogP) is 5.22. The summed E-state index contributed by atoms with van der Waals surface area (Å²) in [5, 5.41) is 6.77. The van der Waals surface area contributed by atoms with Crippen LogP contribution in [0.1, 0.15) is 46.5 Å². The van der Waals surface area contributed by atoms with Gasteiger partial charge in [0.1, 0.15) is 17.2 Å². The van der Waals surface area contributed by atoms with Gasteiger partial charge in [-0.25, -0.2) is 14.8 Å². The van der Waals surface area contributed by atoms with Gasteiger partial charge in [0.05, 0.1) is 16.6 Å². The summed E-state index contributed by atoms with van der Waals surface area (Å²) in [5.41, 5.74) is 0.788. The molecule has 2 aromatic rings. The van der Waals surface area contributed by atoms with E-state index in [2.05, 4.69) is 15.6 Å². The number of carbonyl (C=O) groups excluding carboxylic acids is 2. The molecule has 1 atom stereocenters. The Kier molecular flexibility index (Phi) is 8.87. The van der Waals surface area contributed by atoms with Gasteiger partial charge in [0.25, 0.3) is 0 Å². The van der Waals surface area contributed by atoms with Crippen molar-refractivity contribution < 1.29 is 19.1 Å². The number of ether oxygens (including phenoxy) is 2. The minimum atomic E-state index is -0.582. The van der Waals surface area contributed by atoms with E-state index in [1.807, 2.05) is 39.0 Å². The lowest BCUT2D eigenvalue weighted by atomic mass is 9.97. The summed E-state index contributed by atoms with van der Waals surface area (Å²) >= 11 is 6.47. The fraction of sp³-hybridized carbons (Fsp3) is 0.556. The van der Waals surface area contributed by atoms with Crippen LogP contribution < -0.4 is 10.6 Å². The van der Waals surface area contributed by atoms with Crippen molar-refractivity contribution in [2.75, 3.05) is 43.5 Å². The summed E-state index contributed by atoms with van der Waals surface area (Å²) in [6, 6.07) is 7.47. The smallest absolute Gasteiger partial charge is 0.410 e. The molecule has 0 spiro atoms. The summed E-state index contributed by atoms with van der Waals surface area (Å²) in [4.78, 5) is 36.1. The molecule has 0 unspecified atom stereocenters. The van der Waals surface area contributed by atoms with Gasteiger partial charge in [-0.3, -0.25) is 4.79 Å². The molecular formula is C27H36ClN5O4. The zero-order valence-electron chi connectivity index (χ0n) is 21.8. The number of halogens is 1. The lowest BCUT2D eigenvalue weighted by Gasteiger charge is -2.33. The van der Waals surface area contributed by atoms with E-state index < -0.39 is 11.7 Å². The van der Waals surface area contributed by atoms with E-state index in [0.29, 0.717) is 47.5 Å². The van der Waals surface area contributed by atoms with Gasteiger partial charge in [0.2, 0.25) is 5.91 Å². The number of hydrogen-bond donors (Lipinski definition) is 2. The maximum Gasteiger partial charge on any atom is 0.410 e. The van der Waals surface area contributed by atoms with Crippen LogP contribution in [-0.2, 0) is 14.3 Å². The number of hydrogen-bond acceptors (Lipinski definition) is 7. The van der Waals surface area contributed by atoms with Gasteiger partial charge in [-0.2, -0.15) is 0 Å². The molecule has 2 aliphatic rings. The van der Waals surface area contributed by atoms with E-state index in [9.17, 15) is 9.59 Å². The second-order valence-electron chi connectivity index (χ2n) is 10.6. The van der Waals surface area contributed by atoms with E-state index in [1.165, 1.54) is 6.20 Å². The number of likely N-dealkylation sites (tertiary alicyclic amines) is 1. The molecule has 9 nitrogen and oxygen atoms in total. The first-order valence-corrected chi connectivity index (χ1v) is 13.3. The first-order chi connectivity index (χ1) is 17.7. The minimum absolute atomic E-state index is 0.186. The maximum atomic E-state index is 13.0. The Morgan fingerprint density at radius 2 is 1.97 bits per heavy atom. The number of amides is 2. The SMILES string of the molecule is CC(C)(C)OC(=O)N1CCC[C@@H](C(=O)Nc2cc(-c3cccc(NCC4CCOCC4)n3)c(Cl)cn2)C1. The average Bonchev–Trinajstić information content (AvgIpc) is 2.88. The van der Waals surface area contributed by atoms with E-state index >= 15 is 0 Å². The van der Waals surface area contributed by atoms with Crippen LogP contribution in [0.15, 0.2) is 30.5 Å². The Morgan fingerprint density at radius 3 is 2.73 bits per heavy atom. The Morgan fingerprint density at radius 1 is 1.19 bits per heavy atom. The second kappa shape index (κ2) is 12.1. The highest BCUT2D eigenvalue weighted by Crippen LogP contribution is 2.29. The molecule has 200 valence electrons. The second-order valence-corrected chi connectivity index (χ2v) is 11.1. The number of anilines is 2. The van der Waals surface area contributed by atoms with Crippen molar-refractivity contribution in [3.05, 3.63) is 35.5 Å². The van der Waals surface area contributed by atoms with Gasteiger partial charge in [-0.15, -0.1) is 0 Å². The largest absolute Gasteiger partial charge is 0.444 e. The maximum absolute atomic E-state index is 13.0. The molecule has 2 aliphatic heterocycles. The van der Waals surface area contributed by atoms with Crippen LogP contribution in [-0.4, -0.2) is 65.3 Å². The molecule has 4 rings (SSSR count). The zero-order chi connectivity index (χ0) is 26.4. The summed E-state index contributed by atoms with van der Waals surface area (Å²) in [6.45, 7) is 8.83. The molecule has 2 amide bonds. The first kappa shape index (κ1) is 27.1. The van der Waals surface area contributed by atoms with Crippen molar-refractivity contribution in [3.63, 3.8) is 0 Å². The van der Waals surface area contributed by atoms with Crippen molar-refractivity contribution in [2.24, 2.45) is 11.8 Å². The summed E-state index contributed by atoms with van der Waals surface area (Å²) in [7, 11) is 0. The van der Waals surface area contributed by atoms with Gasteiger partial charge in [-0.05, 0) is 70.6 Å². The molecule has 0 bridgehead atoms. The van der Waals surface area contributed by atoms with Gasteiger partial charge in [0.15, 0.2) is 0 Å². The van der Waals surface area contributed by atoms with Crippen molar-refractivity contribution in [2.45, 2.75) is 52.1 Å². The zero-order valence-corrected chi connectivity index (χ0v) is 22.5. The Labute approximate surface area is 223 Å². The highest BCUT2D eigenvalue weighted by Gasteiger charge is 2.31. The molecule has 0 radical (unpaired) electrons. The van der Waals surface area contributed by atoms with Crippen molar-refractivity contribution in [1.82, 2.24) is 14.9 Å². The van der Waals surface area contributed by atoms with E-state index in [1.54, 1.807) is 11.0 Å². The standard InChI is InChI=1S/C27H36ClN5O4/c1-27(2,3)37-26(35)33-11-5-6-19(17-33)25(34)32-24-14-20(21(28)16-30-24)22-7-4-8-23(31-22)29-15-18-9-12-36-13-10-18/h4,7-8,14,16,18-19H,5-6,9-13,15,17H2,1-3H3,(H,29,31)(H,30,32,34)/t19-/m1/s1. The molecule has 2 N–H and O–H groups in total. The molecule has 0 saturated carbocycles. The summed E-state index contributed by atoms with van der Waals surface area (Å²) in [5.74, 6) is 1.19. The third-order valence-corrected chi connectivity index (χ3v) is 6.79. The van der Waals surface area contributed by atoms with E-state index in [4.69, 9.17) is 26.1 Å². The van der Waals surface area contributed by atoms with E-state index in [-0.39, 0.29) is 11.8 Å². The number of pyridine rings is 2. The topological polar surface area (TPSA) is 106 Å². The fourth-order valence-corrected chi connectivity index (χ4v) is 4.70. The lowest BCUT2D eigenvalue weighted by Crippen LogP contribution is -2.45. The van der Waals surface area contributed by atoms with Crippen LogP contribution in [0, 0.1) is 11.8 Å². The third-order valence-electron chi connectivity index (χ3n) is 6.49. The third kappa shape index (κ3) is 7.79. The summed E-state index contributed by atoms with van der Waals surface area (Å²) in [6.07, 6.45) is 4.63. The molecule has 2 fully saturated rings. The number of rotatable bonds is 6. The average molecular weight is 530 g/mol. The van der Waals surface area contributed by atoms with Crippen molar-refractivity contribution in [3.8, 4) is 11.3 Å². The van der Waals surface area contributed by atoms with Gasteiger partial charge < -0.3 is 25.0 Å². The van der Waals surface area contributed by atoms with Crippen LogP contribution in [0.2, 0.25) is 5.02 Å². The molecule has 0 aliphatic carbocycles. The molecule has 0 aromatic carbocycles. The minimum Gasteiger partial charge on any atom is -0.444 e. The molecular weight excluding hydrogens is 494 g/mol. The Hall–Kier alpha value is -2.91. The monoisotopic (exact) mass is 529 g/mol. The van der Waals surface area contributed by atoms with Gasteiger partial charge in [0, 0.05) is 44.6 Å². The van der Waals surface area contributed by atoms with E-state index in [0.717, 1.165) is 44.8 Å². The van der Waals surface area contributed by atoms with Crippen LogP contribution in [0.4, 0.5) is 16.4 Å². The fourth-order valence-electron chi connectivity index (χ4n) is 4.50. The van der Waals surface area contributed by atoms with Crippen LogP contribution in [0.3, 0.4) is 0 Å². The van der Waals surface area contributed by atoms with Gasteiger partial charge in [-0.1, -0.05) is 17.7 Å². The highest BCUT2D eigenvalue weighted by atomic mass is 35.5. The first-order valence-electron chi connectivity index (χ1n) is 12.9. The number of aromatic nitrogens is 2. The highest BCUT2D eigenvalue weighted by molar-refractivity contribution is 6.33. The summed E-state index contributed by atoms with van der Waals surface area (Å²) < 4.78 is 10.9. The Balaban J connectivity index is 1.40. The number of piperidine rings is 1. The van der Waals surface area contributed by atoms with Crippen LogP contribution in [0.25, 0.3) is 11.3 Å². The normalized spacial score (nSPS) is 18.8. The molecule has 2 saturated heterocycles. The molecule has 4 heterocycles. The molecule has 10 heteroatoms. The quantitative estimate of drug-likeness (QED) is 0.528. The lowest BCUT2D eigenvalue weighted by molar-refractivity contribution is -0.121. The Bertz CT molecular complexity index is 1100. The molecule has 2 aromatic heterocycles. The van der Waals surface area contributed by atoms with Crippen LogP contribution in [0.5, 0.6) is 0 Å². The predicted molar refractivity (Wildman–Crippen MR) is 144 cm³/mol. The van der Waals surface area contributed by atoms with Crippen molar-refractivity contribution >= 4 is 35.2 Å². The number of nitrogens with zero attached hydrogens (tertiary/aromatic N) is 3. The molecule has 37 heavy (non-hydrogen) atoms. The van der Waals surface area contributed by atoms with Crippen LogP contribution >= 0.6 is 11.6 Å². The van der Waals surface area contributed by atoms with Crippen molar-refractivity contribution in [1.29, 1.82) is 0 Å². The number of carbonyl (C=O) groups is 2. The number of nitrogens with one attached hydrogen (secondary N) is 2.